The summed E-state index contributed by atoms with van der Waals surface area (Å²) in [7, 11) is 0. The van der Waals surface area contributed by atoms with Crippen LogP contribution in [0.3, 0.4) is 0 Å². The molecule has 2 aromatic rings. The summed E-state index contributed by atoms with van der Waals surface area (Å²) in [6, 6.07) is 9.52. The van der Waals surface area contributed by atoms with Crippen molar-refractivity contribution >= 4 is 0 Å². The summed E-state index contributed by atoms with van der Waals surface area (Å²) in [6.45, 7) is 0.100. The van der Waals surface area contributed by atoms with Gasteiger partial charge in [-0.05, 0) is 24.3 Å². The number of nitrogens with zero attached hydrogens (tertiary/aromatic N) is 1. The number of benzene rings is 1. The molecule has 0 saturated carbocycles. The molecule has 0 atom stereocenters. The molecule has 16 heavy (non-hydrogen) atoms. The van der Waals surface area contributed by atoms with Gasteiger partial charge in [-0.15, -0.1) is 0 Å². The Bertz CT molecular complexity index is 489. The van der Waals surface area contributed by atoms with Gasteiger partial charge in [0.15, 0.2) is 5.76 Å². The minimum atomic E-state index is 0.100. The second-order valence-electron chi connectivity index (χ2n) is 3.23. The summed E-state index contributed by atoms with van der Waals surface area (Å²) in [4.78, 5) is 0. The molecular formula is C13H11NO2. The van der Waals surface area contributed by atoms with Gasteiger partial charge < -0.3 is 9.63 Å². The Morgan fingerprint density at radius 1 is 1.19 bits per heavy atom. The van der Waals surface area contributed by atoms with E-state index in [1.54, 1.807) is 6.20 Å². The van der Waals surface area contributed by atoms with Crippen LogP contribution < -0.4 is 0 Å². The summed E-state index contributed by atoms with van der Waals surface area (Å²) in [5, 5.41) is 12.2. The quantitative estimate of drug-likeness (QED) is 0.777. The first-order chi connectivity index (χ1) is 7.90. The lowest BCUT2D eigenvalue weighted by atomic mass is 10.1. The van der Waals surface area contributed by atoms with Gasteiger partial charge in [0, 0.05) is 23.6 Å². The molecule has 0 amide bonds. The minimum Gasteiger partial charge on any atom is -0.395 e. The smallest absolute Gasteiger partial charge is 0.166 e. The van der Waals surface area contributed by atoms with Crippen LogP contribution in [-0.2, 0) is 0 Å². The topological polar surface area (TPSA) is 46.3 Å². The number of aliphatic hydroxyl groups is 1. The van der Waals surface area contributed by atoms with Gasteiger partial charge in [-0.2, -0.15) is 0 Å². The van der Waals surface area contributed by atoms with Crippen molar-refractivity contribution in [3.63, 3.8) is 0 Å². The average molecular weight is 213 g/mol. The highest BCUT2D eigenvalue weighted by molar-refractivity contribution is 5.58. The Kier molecular flexibility index (Phi) is 3.37. The molecule has 0 saturated heterocycles. The lowest BCUT2D eigenvalue weighted by Gasteiger charge is -1.95. The van der Waals surface area contributed by atoms with E-state index >= 15 is 0 Å². The number of hydrogen-bond acceptors (Lipinski definition) is 3. The highest BCUT2D eigenvalue weighted by Gasteiger charge is 1.99. The first-order valence-electron chi connectivity index (χ1n) is 5.01. The molecule has 1 heterocycles. The Labute approximate surface area is 93.7 Å². The van der Waals surface area contributed by atoms with Crippen LogP contribution in [0.4, 0.5) is 0 Å². The summed E-state index contributed by atoms with van der Waals surface area (Å²) < 4.78 is 5.04. The van der Waals surface area contributed by atoms with Gasteiger partial charge in [0.2, 0.25) is 0 Å². The first kappa shape index (κ1) is 10.5. The van der Waals surface area contributed by atoms with Crippen LogP contribution in [0.1, 0.15) is 12.0 Å². The zero-order valence-corrected chi connectivity index (χ0v) is 8.68. The van der Waals surface area contributed by atoms with Crippen molar-refractivity contribution in [2.75, 3.05) is 6.61 Å². The van der Waals surface area contributed by atoms with Crippen molar-refractivity contribution in [2.45, 2.75) is 6.42 Å². The molecule has 3 heteroatoms. The molecular weight excluding hydrogens is 202 g/mol. The number of hydrogen-bond donors (Lipinski definition) is 1. The number of rotatable bonds is 2. The van der Waals surface area contributed by atoms with E-state index < -0.39 is 0 Å². The molecule has 1 aromatic heterocycles. The van der Waals surface area contributed by atoms with Crippen LogP contribution in [0.5, 0.6) is 0 Å². The van der Waals surface area contributed by atoms with Gasteiger partial charge in [0.25, 0.3) is 0 Å². The molecule has 0 spiro atoms. The van der Waals surface area contributed by atoms with Crippen molar-refractivity contribution in [3.8, 4) is 23.2 Å². The minimum absolute atomic E-state index is 0.100. The molecule has 1 aromatic carbocycles. The molecule has 80 valence electrons. The molecule has 0 aliphatic rings. The van der Waals surface area contributed by atoms with E-state index in [0.29, 0.717) is 6.42 Å². The third-order valence-electron chi connectivity index (χ3n) is 2.08. The van der Waals surface area contributed by atoms with Gasteiger partial charge in [0.05, 0.1) is 12.8 Å². The maximum Gasteiger partial charge on any atom is 0.166 e. The SMILES string of the molecule is OCCC#Cc1ccc(-c2ccno2)cc1. The fraction of sp³-hybridized carbons (Fsp3) is 0.154. The maximum atomic E-state index is 8.59. The number of aliphatic hydroxyl groups excluding tert-OH is 1. The largest absolute Gasteiger partial charge is 0.395 e. The highest BCUT2D eigenvalue weighted by atomic mass is 16.5. The van der Waals surface area contributed by atoms with Crippen molar-refractivity contribution in [1.82, 2.24) is 5.16 Å². The Balaban J connectivity index is 2.15. The maximum absolute atomic E-state index is 8.59. The third kappa shape index (κ3) is 2.50. The van der Waals surface area contributed by atoms with E-state index in [0.717, 1.165) is 16.9 Å². The second-order valence-corrected chi connectivity index (χ2v) is 3.23. The molecule has 2 rings (SSSR count). The standard InChI is InChI=1S/C13H11NO2/c15-10-2-1-3-11-4-6-12(7-5-11)13-8-9-14-16-13/h4-9,15H,2,10H2. The van der Waals surface area contributed by atoms with Crippen molar-refractivity contribution in [1.29, 1.82) is 0 Å². The van der Waals surface area contributed by atoms with Crippen LogP contribution in [0, 0.1) is 11.8 Å². The Morgan fingerprint density at radius 3 is 2.62 bits per heavy atom. The summed E-state index contributed by atoms with van der Waals surface area (Å²) in [5.74, 6) is 6.58. The molecule has 0 aliphatic heterocycles. The zero-order chi connectivity index (χ0) is 11.2. The third-order valence-corrected chi connectivity index (χ3v) is 2.08. The molecule has 1 N–H and O–H groups in total. The average Bonchev–Trinajstić information content (AvgIpc) is 2.84. The predicted molar refractivity (Wildman–Crippen MR) is 60.5 cm³/mol. The lowest BCUT2D eigenvalue weighted by Crippen LogP contribution is -1.79. The predicted octanol–water partition coefficient (Wildman–Crippen LogP) is 2.08. The van der Waals surface area contributed by atoms with Crippen molar-refractivity contribution in [2.24, 2.45) is 0 Å². The number of aromatic nitrogens is 1. The van der Waals surface area contributed by atoms with Crippen LogP contribution in [0.2, 0.25) is 0 Å². The summed E-state index contributed by atoms with van der Waals surface area (Å²) >= 11 is 0. The van der Waals surface area contributed by atoms with Crippen LogP contribution in [-0.4, -0.2) is 16.9 Å². The molecule has 0 aliphatic carbocycles. The fourth-order valence-electron chi connectivity index (χ4n) is 1.30. The van der Waals surface area contributed by atoms with Crippen LogP contribution >= 0.6 is 0 Å². The van der Waals surface area contributed by atoms with Gasteiger partial charge >= 0.3 is 0 Å². The van der Waals surface area contributed by atoms with E-state index in [1.807, 2.05) is 30.3 Å². The Morgan fingerprint density at radius 2 is 2.00 bits per heavy atom. The molecule has 0 fully saturated rings. The van der Waals surface area contributed by atoms with E-state index in [1.165, 1.54) is 0 Å². The summed E-state index contributed by atoms with van der Waals surface area (Å²) in [6.07, 6.45) is 2.12. The lowest BCUT2D eigenvalue weighted by molar-refractivity contribution is 0.305. The second kappa shape index (κ2) is 5.15. The molecule has 0 unspecified atom stereocenters. The van der Waals surface area contributed by atoms with Gasteiger partial charge in [-0.3, -0.25) is 0 Å². The monoisotopic (exact) mass is 213 g/mol. The fourth-order valence-corrected chi connectivity index (χ4v) is 1.30. The van der Waals surface area contributed by atoms with E-state index in [-0.39, 0.29) is 6.61 Å². The van der Waals surface area contributed by atoms with Gasteiger partial charge in [0.1, 0.15) is 0 Å². The van der Waals surface area contributed by atoms with E-state index in [9.17, 15) is 0 Å². The van der Waals surface area contributed by atoms with Crippen molar-refractivity contribution < 1.29 is 9.63 Å². The van der Waals surface area contributed by atoms with Crippen molar-refractivity contribution in [3.05, 3.63) is 42.1 Å². The Hall–Kier alpha value is -2.05. The molecule has 0 bridgehead atoms. The van der Waals surface area contributed by atoms with Gasteiger partial charge in [-0.1, -0.05) is 17.0 Å². The van der Waals surface area contributed by atoms with Gasteiger partial charge in [-0.25, -0.2) is 0 Å². The highest BCUT2D eigenvalue weighted by Crippen LogP contribution is 2.18. The molecule has 3 nitrogen and oxygen atoms in total. The normalized spacial score (nSPS) is 9.56. The van der Waals surface area contributed by atoms with Crippen LogP contribution in [0.25, 0.3) is 11.3 Å². The summed E-state index contributed by atoms with van der Waals surface area (Å²) in [5.41, 5.74) is 1.90. The van der Waals surface area contributed by atoms with Crippen LogP contribution in [0.15, 0.2) is 41.1 Å². The van der Waals surface area contributed by atoms with E-state index in [4.69, 9.17) is 9.63 Å². The first-order valence-corrected chi connectivity index (χ1v) is 5.01. The zero-order valence-electron chi connectivity index (χ0n) is 8.68. The molecule has 0 radical (unpaired) electrons. The van der Waals surface area contributed by atoms with E-state index in [2.05, 4.69) is 17.0 Å².